The lowest BCUT2D eigenvalue weighted by Gasteiger charge is -2.24. The Morgan fingerprint density at radius 1 is 1.17 bits per heavy atom. The minimum atomic E-state index is -2.92. The Labute approximate surface area is 166 Å². The van der Waals surface area contributed by atoms with Gasteiger partial charge in [0.25, 0.3) is 0 Å². The van der Waals surface area contributed by atoms with E-state index in [2.05, 4.69) is 50.2 Å². The predicted molar refractivity (Wildman–Crippen MR) is 116 cm³/mol. The van der Waals surface area contributed by atoms with Crippen molar-refractivity contribution in [3.8, 4) is 0 Å². The molecule has 146 valence electrons. The van der Waals surface area contributed by atoms with Gasteiger partial charge < -0.3 is 10.6 Å². The van der Waals surface area contributed by atoms with Crippen molar-refractivity contribution in [3.05, 3.63) is 0 Å². The number of nitrogens with one attached hydrogen (secondary N) is 2. The average Bonchev–Trinajstić information content (AvgIpc) is 2.40. The molecule has 0 spiro atoms. The molecule has 0 radical (unpaired) electrons. The third-order valence-corrected chi connectivity index (χ3v) is 4.66. The van der Waals surface area contributed by atoms with Gasteiger partial charge in [-0.1, -0.05) is 27.7 Å². The van der Waals surface area contributed by atoms with Gasteiger partial charge in [-0.15, -0.1) is 24.0 Å². The van der Waals surface area contributed by atoms with E-state index in [9.17, 15) is 8.42 Å². The van der Waals surface area contributed by atoms with E-state index in [0.717, 1.165) is 18.9 Å². The van der Waals surface area contributed by atoms with Crippen LogP contribution in [-0.2, 0) is 9.84 Å². The zero-order valence-electron chi connectivity index (χ0n) is 16.5. The van der Waals surface area contributed by atoms with Gasteiger partial charge >= 0.3 is 0 Å². The minimum Gasteiger partial charge on any atom is -0.357 e. The van der Waals surface area contributed by atoms with Gasteiger partial charge in [-0.25, -0.2) is 8.42 Å². The summed E-state index contributed by atoms with van der Waals surface area (Å²) in [5, 5.41) is 6.71. The van der Waals surface area contributed by atoms with Gasteiger partial charge in [0.15, 0.2) is 5.96 Å². The first-order valence-electron chi connectivity index (χ1n) is 8.68. The van der Waals surface area contributed by atoms with Gasteiger partial charge in [-0.2, -0.15) is 0 Å². The van der Waals surface area contributed by atoms with E-state index in [1.54, 1.807) is 0 Å². The smallest absolute Gasteiger partial charge is 0.191 e. The zero-order valence-corrected chi connectivity index (χ0v) is 19.6. The number of hydrogen-bond donors (Lipinski definition) is 2. The molecule has 5 nitrogen and oxygen atoms in total. The summed E-state index contributed by atoms with van der Waals surface area (Å²) >= 11 is 0. The van der Waals surface area contributed by atoms with Crippen LogP contribution in [0, 0.1) is 11.3 Å². The Morgan fingerprint density at radius 2 is 1.75 bits per heavy atom. The van der Waals surface area contributed by atoms with Crippen LogP contribution < -0.4 is 10.6 Å². The number of halogens is 1. The second-order valence-corrected chi connectivity index (χ2v) is 10.0. The number of guanidine groups is 1. The molecule has 0 saturated heterocycles. The molecule has 24 heavy (non-hydrogen) atoms. The molecule has 0 aliphatic carbocycles. The largest absolute Gasteiger partial charge is 0.357 e. The fourth-order valence-corrected chi connectivity index (χ4v) is 2.97. The van der Waals surface area contributed by atoms with Crippen molar-refractivity contribution in [1.29, 1.82) is 0 Å². The lowest BCUT2D eigenvalue weighted by Crippen LogP contribution is -2.43. The van der Waals surface area contributed by atoms with Crippen LogP contribution in [0.1, 0.15) is 60.8 Å². The topological polar surface area (TPSA) is 70.6 Å². The highest BCUT2D eigenvalue weighted by Gasteiger charge is 2.20. The minimum absolute atomic E-state index is 0. The van der Waals surface area contributed by atoms with E-state index in [1.807, 2.05) is 6.92 Å². The molecule has 0 rings (SSSR count). The van der Waals surface area contributed by atoms with E-state index >= 15 is 0 Å². The van der Waals surface area contributed by atoms with Gasteiger partial charge in [0.1, 0.15) is 9.84 Å². The van der Waals surface area contributed by atoms with Crippen molar-refractivity contribution in [2.24, 2.45) is 16.3 Å². The highest BCUT2D eigenvalue weighted by atomic mass is 127. The number of hydrogen-bond acceptors (Lipinski definition) is 3. The third kappa shape index (κ3) is 15.5. The summed E-state index contributed by atoms with van der Waals surface area (Å²) in [7, 11) is -2.92. The monoisotopic (exact) mass is 475 g/mol. The standard InChI is InChI=1S/C17H37N3O2S.HI/c1-8-18-16(20-15(4)10-9-14(2)3)19-13-17(5,6)11-12-23(7,21)22;/h14-15H,8-13H2,1-7H3,(H2,18,19,20);1H. The first-order valence-corrected chi connectivity index (χ1v) is 10.7. The van der Waals surface area contributed by atoms with Crippen LogP contribution in [0.25, 0.3) is 0 Å². The predicted octanol–water partition coefficient (Wildman–Crippen LogP) is 3.45. The van der Waals surface area contributed by atoms with Crippen LogP contribution in [0.5, 0.6) is 0 Å². The average molecular weight is 475 g/mol. The number of nitrogens with zero attached hydrogens (tertiary/aromatic N) is 1. The van der Waals surface area contributed by atoms with Crippen LogP contribution in [0.2, 0.25) is 0 Å². The Hall–Kier alpha value is -0.0500. The van der Waals surface area contributed by atoms with Crippen LogP contribution in [0.3, 0.4) is 0 Å². The van der Waals surface area contributed by atoms with E-state index in [1.165, 1.54) is 12.7 Å². The lowest BCUT2D eigenvalue weighted by molar-refractivity contribution is 0.365. The molecule has 0 heterocycles. The van der Waals surface area contributed by atoms with Gasteiger partial charge in [0.2, 0.25) is 0 Å². The molecule has 0 amide bonds. The Bertz CT molecular complexity index is 462. The SMILES string of the molecule is CCNC(=NCC(C)(C)CCS(C)(=O)=O)NC(C)CCC(C)C.I. The molecule has 0 aromatic carbocycles. The number of sulfone groups is 1. The number of rotatable bonds is 10. The van der Waals surface area contributed by atoms with Crippen molar-refractivity contribution in [3.63, 3.8) is 0 Å². The summed E-state index contributed by atoms with van der Waals surface area (Å²) in [5.74, 6) is 1.73. The Morgan fingerprint density at radius 3 is 2.21 bits per heavy atom. The Balaban J connectivity index is 0. The number of aliphatic imine (C=N–C) groups is 1. The molecular weight excluding hydrogens is 437 g/mol. The third-order valence-electron chi connectivity index (χ3n) is 3.72. The molecule has 0 fully saturated rings. The van der Waals surface area contributed by atoms with Crippen molar-refractivity contribution in [1.82, 2.24) is 10.6 Å². The quantitative estimate of drug-likeness (QED) is 0.289. The normalized spacial score (nSPS) is 14.2. The molecule has 0 aromatic rings. The molecule has 0 aliphatic heterocycles. The second-order valence-electron chi connectivity index (χ2n) is 7.76. The first-order chi connectivity index (χ1) is 10.4. The molecule has 2 N–H and O–H groups in total. The van der Waals surface area contributed by atoms with E-state index in [-0.39, 0.29) is 35.1 Å². The summed E-state index contributed by atoms with van der Waals surface area (Å²) in [6.07, 6.45) is 4.21. The van der Waals surface area contributed by atoms with Crippen LogP contribution in [-0.4, -0.2) is 45.5 Å². The maximum absolute atomic E-state index is 11.3. The fraction of sp³-hybridized carbons (Fsp3) is 0.941. The maximum Gasteiger partial charge on any atom is 0.191 e. The summed E-state index contributed by atoms with van der Waals surface area (Å²) < 4.78 is 22.7. The van der Waals surface area contributed by atoms with Gasteiger partial charge in [0, 0.05) is 25.4 Å². The molecule has 1 unspecified atom stereocenters. The molecule has 0 saturated carbocycles. The first kappa shape index (κ1) is 26.2. The molecular formula is C17H38IN3O2S. The Kier molecular flexibility index (Phi) is 13.4. The summed E-state index contributed by atoms with van der Waals surface area (Å²) in [4.78, 5) is 4.65. The van der Waals surface area contributed by atoms with Gasteiger partial charge in [0.05, 0.1) is 5.75 Å². The van der Waals surface area contributed by atoms with Crippen LogP contribution >= 0.6 is 24.0 Å². The van der Waals surface area contributed by atoms with Crippen LogP contribution in [0.4, 0.5) is 0 Å². The highest BCUT2D eigenvalue weighted by molar-refractivity contribution is 14.0. The molecule has 0 aliphatic rings. The summed E-state index contributed by atoms with van der Waals surface area (Å²) in [6.45, 7) is 14.2. The van der Waals surface area contributed by atoms with Crippen molar-refractivity contribution in [2.75, 3.05) is 25.1 Å². The van der Waals surface area contributed by atoms with Crippen molar-refractivity contribution < 1.29 is 8.42 Å². The zero-order chi connectivity index (χ0) is 18.1. The molecule has 7 heteroatoms. The van der Waals surface area contributed by atoms with Crippen molar-refractivity contribution >= 4 is 39.8 Å². The maximum atomic E-state index is 11.3. The van der Waals surface area contributed by atoms with Crippen LogP contribution in [0.15, 0.2) is 4.99 Å². The van der Waals surface area contributed by atoms with Crippen molar-refractivity contribution in [2.45, 2.75) is 66.8 Å². The van der Waals surface area contributed by atoms with E-state index in [0.29, 0.717) is 24.9 Å². The molecule has 0 aromatic heterocycles. The summed E-state index contributed by atoms with van der Waals surface area (Å²) in [5.41, 5.74) is -0.132. The second kappa shape index (κ2) is 12.3. The molecule has 0 bridgehead atoms. The van der Waals surface area contributed by atoms with E-state index < -0.39 is 9.84 Å². The fourth-order valence-electron chi connectivity index (χ4n) is 2.04. The van der Waals surface area contributed by atoms with Gasteiger partial charge in [-0.3, -0.25) is 4.99 Å². The van der Waals surface area contributed by atoms with E-state index in [4.69, 9.17) is 0 Å². The highest BCUT2D eigenvalue weighted by Crippen LogP contribution is 2.21. The molecule has 1 atom stereocenters. The summed E-state index contributed by atoms with van der Waals surface area (Å²) in [6, 6.07) is 0.370. The lowest BCUT2D eigenvalue weighted by atomic mass is 9.90. The van der Waals surface area contributed by atoms with Gasteiger partial charge in [-0.05, 0) is 44.4 Å².